The number of hydroxylamine groups is 2. The molecule has 158 valence electrons. The zero-order valence-electron chi connectivity index (χ0n) is 15.2. The summed E-state index contributed by atoms with van der Waals surface area (Å²) in [6.45, 7) is -0.259. The molecule has 1 aromatic heterocycles. The van der Waals surface area contributed by atoms with Gasteiger partial charge in [0.05, 0.1) is 35.0 Å². The van der Waals surface area contributed by atoms with E-state index in [0.717, 1.165) is 17.2 Å². The van der Waals surface area contributed by atoms with Crippen LogP contribution in [0.4, 0.5) is 13.2 Å². The van der Waals surface area contributed by atoms with Crippen LogP contribution in [0.15, 0.2) is 42.7 Å². The number of amides is 1. The molecule has 3 aromatic rings. The predicted molar refractivity (Wildman–Crippen MR) is 101 cm³/mol. The van der Waals surface area contributed by atoms with Crippen molar-refractivity contribution >= 4 is 29.1 Å². The Morgan fingerprint density at radius 2 is 1.90 bits per heavy atom. The van der Waals surface area contributed by atoms with Crippen LogP contribution in [-0.4, -0.2) is 38.0 Å². The number of hydrogen-bond donors (Lipinski definition) is 1. The molecule has 0 aliphatic heterocycles. The van der Waals surface area contributed by atoms with Gasteiger partial charge in [-0.3, -0.25) is 9.63 Å². The number of aromatic nitrogens is 3. The fourth-order valence-electron chi connectivity index (χ4n) is 2.51. The molecule has 0 aliphatic carbocycles. The summed E-state index contributed by atoms with van der Waals surface area (Å²) in [5.74, 6) is -1.35. The van der Waals surface area contributed by atoms with Gasteiger partial charge in [-0.2, -0.15) is 13.2 Å². The second-order valence-electron chi connectivity index (χ2n) is 5.99. The normalized spacial score (nSPS) is 11.5. The van der Waals surface area contributed by atoms with E-state index < -0.39 is 17.6 Å². The number of hydrogen-bond acceptors (Lipinski definition) is 5. The van der Waals surface area contributed by atoms with Gasteiger partial charge in [-0.1, -0.05) is 35.3 Å². The molecule has 0 bridgehead atoms. The summed E-state index contributed by atoms with van der Waals surface area (Å²) in [6.07, 6.45) is -3.30. The fraction of sp³-hybridized carbons (Fsp3) is 0.167. The molecule has 1 amide bonds. The molecule has 0 aliphatic rings. The number of alkyl halides is 3. The maximum absolute atomic E-state index is 12.9. The maximum atomic E-state index is 12.9. The summed E-state index contributed by atoms with van der Waals surface area (Å²) in [5.41, 5.74) is -0.306. The quantitative estimate of drug-likeness (QED) is 0.566. The van der Waals surface area contributed by atoms with Gasteiger partial charge < -0.3 is 5.11 Å². The minimum absolute atomic E-state index is 0.0241. The van der Waals surface area contributed by atoms with Gasteiger partial charge in [-0.25, -0.2) is 14.7 Å². The highest BCUT2D eigenvalue weighted by Gasteiger charge is 2.31. The number of benzene rings is 2. The van der Waals surface area contributed by atoms with Crippen molar-refractivity contribution in [1.82, 2.24) is 19.8 Å². The molecule has 1 N–H and O–H groups in total. The third-order valence-electron chi connectivity index (χ3n) is 3.98. The van der Waals surface area contributed by atoms with Gasteiger partial charge in [-0.15, -0.1) is 5.10 Å². The Kier molecular flexibility index (Phi) is 6.20. The van der Waals surface area contributed by atoms with E-state index in [0.29, 0.717) is 5.69 Å². The third kappa shape index (κ3) is 4.66. The molecule has 0 spiro atoms. The molecule has 0 saturated heterocycles. The Labute approximate surface area is 178 Å². The summed E-state index contributed by atoms with van der Waals surface area (Å²) in [6, 6.07) is 7.25. The molecule has 0 unspecified atom stereocenters. The van der Waals surface area contributed by atoms with Crippen molar-refractivity contribution < 1.29 is 27.9 Å². The lowest BCUT2D eigenvalue weighted by Crippen LogP contribution is -2.30. The lowest BCUT2D eigenvalue weighted by atomic mass is 10.1. The van der Waals surface area contributed by atoms with Crippen LogP contribution in [-0.2, 0) is 17.6 Å². The number of phenolic OH excluding ortho intramolecular Hbond substituents is 1. The molecule has 0 saturated carbocycles. The third-order valence-corrected chi connectivity index (χ3v) is 4.55. The van der Waals surface area contributed by atoms with Gasteiger partial charge >= 0.3 is 12.1 Å². The molecule has 7 nitrogen and oxygen atoms in total. The van der Waals surface area contributed by atoms with Crippen LogP contribution >= 0.6 is 23.2 Å². The number of carbonyl (C=O) groups excluding carboxylic acids is 1. The highest BCUT2D eigenvalue weighted by molar-refractivity contribution is 6.37. The lowest BCUT2D eigenvalue weighted by Gasteiger charge is -2.18. The monoisotopic (exact) mass is 460 g/mol. The first-order valence-corrected chi connectivity index (χ1v) is 8.98. The number of nitrogens with zero attached hydrogens (tertiary/aromatic N) is 4. The van der Waals surface area contributed by atoms with Crippen LogP contribution in [0, 0.1) is 0 Å². The largest absolute Gasteiger partial charge is 0.505 e. The van der Waals surface area contributed by atoms with Crippen LogP contribution < -0.4 is 0 Å². The van der Waals surface area contributed by atoms with Crippen LogP contribution in [0.5, 0.6) is 5.75 Å². The van der Waals surface area contributed by atoms with Gasteiger partial charge in [0.2, 0.25) is 5.82 Å². The van der Waals surface area contributed by atoms with Gasteiger partial charge in [0, 0.05) is 0 Å². The Hall–Kier alpha value is -2.82. The standard InChI is InChI=1S/C18H13Cl2F3N4O3/c1-30-27(8-10-3-2-4-11(5-10)18(21,22)23)17(29)16-24-9-26(25-16)12-6-13(19)15(28)14(20)7-12/h2-7,9,28H,8H2,1H3. The molecule has 2 aromatic carbocycles. The second kappa shape index (κ2) is 8.50. The molecule has 12 heteroatoms. The van der Waals surface area contributed by atoms with Crippen molar-refractivity contribution in [2.45, 2.75) is 12.7 Å². The smallest absolute Gasteiger partial charge is 0.416 e. The van der Waals surface area contributed by atoms with Crippen molar-refractivity contribution in [1.29, 1.82) is 0 Å². The predicted octanol–water partition coefficient (Wildman–Crippen LogP) is 4.50. The van der Waals surface area contributed by atoms with Crippen LogP contribution in [0.25, 0.3) is 5.69 Å². The van der Waals surface area contributed by atoms with E-state index >= 15 is 0 Å². The molecular weight excluding hydrogens is 448 g/mol. The number of aromatic hydroxyl groups is 1. The van der Waals surface area contributed by atoms with E-state index in [4.69, 9.17) is 28.0 Å². The Bertz CT molecular complexity index is 1070. The molecule has 0 radical (unpaired) electrons. The summed E-state index contributed by atoms with van der Waals surface area (Å²) in [7, 11) is 1.20. The van der Waals surface area contributed by atoms with E-state index in [1.54, 1.807) is 0 Å². The number of halogens is 5. The van der Waals surface area contributed by atoms with E-state index in [1.807, 2.05) is 0 Å². The van der Waals surface area contributed by atoms with Crippen LogP contribution in [0.3, 0.4) is 0 Å². The number of carbonyl (C=O) groups is 1. The van der Waals surface area contributed by atoms with E-state index in [-0.39, 0.29) is 33.7 Å². The maximum Gasteiger partial charge on any atom is 0.416 e. The molecule has 30 heavy (non-hydrogen) atoms. The molecule has 0 fully saturated rings. The zero-order chi connectivity index (χ0) is 22.1. The summed E-state index contributed by atoms with van der Waals surface area (Å²) in [4.78, 5) is 21.5. The Morgan fingerprint density at radius 1 is 1.23 bits per heavy atom. The first kappa shape index (κ1) is 21.9. The average Bonchev–Trinajstić information content (AvgIpc) is 3.19. The van der Waals surface area contributed by atoms with Crippen LogP contribution in [0.2, 0.25) is 10.0 Å². The SMILES string of the molecule is CON(Cc1cccc(C(F)(F)F)c1)C(=O)c1ncn(-c2cc(Cl)c(O)c(Cl)c2)n1. The van der Waals surface area contributed by atoms with Gasteiger partial charge in [0.25, 0.3) is 0 Å². The Morgan fingerprint density at radius 3 is 2.50 bits per heavy atom. The van der Waals surface area contributed by atoms with Crippen molar-refractivity contribution in [2.24, 2.45) is 0 Å². The first-order chi connectivity index (χ1) is 14.1. The van der Waals surface area contributed by atoms with Gasteiger partial charge in [0.1, 0.15) is 6.33 Å². The van der Waals surface area contributed by atoms with Gasteiger partial charge in [0.15, 0.2) is 5.75 Å². The van der Waals surface area contributed by atoms with E-state index in [1.165, 1.54) is 42.4 Å². The van der Waals surface area contributed by atoms with Crippen molar-refractivity contribution in [2.75, 3.05) is 7.11 Å². The topological polar surface area (TPSA) is 80.5 Å². The first-order valence-electron chi connectivity index (χ1n) is 8.22. The van der Waals surface area contributed by atoms with Crippen molar-refractivity contribution in [3.05, 3.63) is 69.7 Å². The summed E-state index contributed by atoms with van der Waals surface area (Å²) < 4.78 is 39.9. The summed E-state index contributed by atoms with van der Waals surface area (Å²) >= 11 is 11.8. The lowest BCUT2D eigenvalue weighted by molar-refractivity contribution is -0.137. The Balaban J connectivity index is 1.82. The molecule has 3 rings (SSSR count). The van der Waals surface area contributed by atoms with Crippen molar-refractivity contribution in [3.8, 4) is 11.4 Å². The van der Waals surface area contributed by atoms with E-state index in [9.17, 15) is 23.1 Å². The molecule has 1 heterocycles. The fourth-order valence-corrected chi connectivity index (χ4v) is 2.99. The zero-order valence-corrected chi connectivity index (χ0v) is 16.7. The van der Waals surface area contributed by atoms with Crippen molar-refractivity contribution in [3.63, 3.8) is 0 Å². The van der Waals surface area contributed by atoms with E-state index in [2.05, 4.69) is 10.1 Å². The molecule has 0 atom stereocenters. The number of rotatable bonds is 5. The highest BCUT2D eigenvalue weighted by Crippen LogP contribution is 2.34. The minimum Gasteiger partial charge on any atom is -0.505 e. The molecular formula is C18H13Cl2F3N4O3. The highest BCUT2D eigenvalue weighted by atomic mass is 35.5. The van der Waals surface area contributed by atoms with Gasteiger partial charge in [-0.05, 0) is 29.8 Å². The number of phenols is 1. The summed E-state index contributed by atoms with van der Waals surface area (Å²) in [5, 5.41) is 14.4. The second-order valence-corrected chi connectivity index (χ2v) is 6.81. The van der Waals surface area contributed by atoms with Crippen LogP contribution in [0.1, 0.15) is 21.7 Å². The minimum atomic E-state index is -4.51. The average molecular weight is 461 g/mol.